The van der Waals surface area contributed by atoms with Gasteiger partial charge in [0.1, 0.15) is 0 Å². The third kappa shape index (κ3) is 14.1. The standard InChI is InChI=1S/C22H41N3O/c1-2-3-4-5-6-7-8-9-10-11-12-17-25-22(26)16-20-23-19-15-21-14-13-18-24-21/h14,18,23H,2-13,15-17,19-20H2,1H3,(H,25,26). The summed E-state index contributed by atoms with van der Waals surface area (Å²) in [5.74, 6) is 0.169. The Balaban J connectivity index is 1.74. The van der Waals surface area contributed by atoms with Gasteiger partial charge < -0.3 is 10.6 Å². The zero-order chi connectivity index (χ0) is 18.7. The second-order valence-corrected chi connectivity index (χ2v) is 7.38. The molecule has 4 nitrogen and oxygen atoms in total. The fourth-order valence-corrected chi connectivity index (χ4v) is 3.23. The Labute approximate surface area is 161 Å². The predicted octanol–water partition coefficient (Wildman–Crippen LogP) is 5.14. The summed E-state index contributed by atoms with van der Waals surface area (Å²) in [5, 5.41) is 6.35. The van der Waals surface area contributed by atoms with Crippen LogP contribution in [-0.2, 0) is 4.79 Å². The van der Waals surface area contributed by atoms with Crippen molar-refractivity contribution in [2.24, 2.45) is 4.99 Å². The van der Waals surface area contributed by atoms with E-state index >= 15 is 0 Å². The molecule has 26 heavy (non-hydrogen) atoms. The van der Waals surface area contributed by atoms with Gasteiger partial charge in [-0.3, -0.25) is 9.79 Å². The van der Waals surface area contributed by atoms with Gasteiger partial charge >= 0.3 is 0 Å². The largest absolute Gasteiger partial charge is 0.356 e. The molecular formula is C22H41N3O. The van der Waals surface area contributed by atoms with Crippen LogP contribution in [0.4, 0.5) is 0 Å². The number of carbonyl (C=O) groups excluding carboxylic acids is 1. The van der Waals surface area contributed by atoms with Crippen LogP contribution < -0.4 is 10.6 Å². The summed E-state index contributed by atoms with van der Waals surface area (Å²) in [6.07, 6.45) is 21.4. The zero-order valence-corrected chi connectivity index (χ0v) is 17.0. The first-order valence-corrected chi connectivity index (χ1v) is 11.0. The Bertz CT molecular complexity index is 404. The molecule has 0 aliphatic carbocycles. The van der Waals surface area contributed by atoms with E-state index in [9.17, 15) is 4.79 Å². The number of aliphatic imine (C=N–C) groups is 1. The highest BCUT2D eigenvalue weighted by molar-refractivity contribution is 5.75. The summed E-state index contributed by atoms with van der Waals surface area (Å²) in [7, 11) is 0. The number of nitrogens with one attached hydrogen (secondary N) is 2. The van der Waals surface area contributed by atoms with Crippen LogP contribution in [-0.4, -0.2) is 31.8 Å². The van der Waals surface area contributed by atoms with Crippen molar-refractivity contribution in [1.82, 2.24) is 10.6 Å². The Hall–Kier alpha value is -1.16. The van der Waals surface area contributed by atoms with E-state index in [0.717, 1.165) is 38.9 Å². The number of unbranched alkanes of at least 4 members (excludes halogenated alkanes) is 10. The van der Waals surface area contributed by atoms with Gasteiger partial charge in [-0.1, -0.05) is 77.2 Å². The molecule has 1 heterocycles. The average molecular weight is 364 g/mol. The molecule has 0 spiro atoms. The molecule has 0 bridgehead atoms. The van der Waals surface area contributed by atoms with Crippen molar-refractivity contribution in [2.45, 2.75) is 96.8 Å². The molecule has 0 fully saturated rings. The van der Waals surface area contributed by atoms with Gasteiger partial charge in [-0.15, -0.1) is 0 Å². The fourth-order valence-electron chi connectivity index (χ4n) is 3.23. The minimum atomic E-state index is 0.169. The van der Waals surface area contributed by atoms with E-state index in [4.69, 9.17) is 0 Å². The SMILES string of the molecule is CCCCCCCCCCCCCNC(=O)CCNCCC1=CCC=N1. The number of amides is 1. The molecule has 150 valence electrons. The van der Waals surface area contributed by atoms with Gasteiger partial charge in [0.25, 0.3) is 0 Å². The van der Waals surface area contributed by atoms with E-state index in [-0.39, 0.29) is 5.91 Å². The Morgan fingerprint density at radius 3 is 2.19 bits per heavy atom. The van der Waals surface area contributed by atoms with Crippen molar-refractivity contribution in [3.63, 3.8) is 0 Å². The van der Waals surface area contributed by atoms with Crippen molar-refractivity contribution in [2.75, 3.05) is 19.6 Å². The number of hydrogen-bond acceptors (Lipinski definition) is 3. The summed E-state index contributed by atoms with van der Waals surface area (Å²) in [5.41, 5.74) is 1.17. The molecule has 0 saturated carbocycles. The van der Waals surface area contributed by atoms with E-state index in [2.05, 4.69) is 28.6 Å². The van der Waals surface area contributed by atoms with Crippen LogP contribution >= 0.6 is 0 Å². The maximum Gasteiger partial charge on any atom is 0.221 e. The topological polar surface area (TPSA) is 53.5 Å². The highest BCUT2D eigenvalue weighted by atomic mass is 16.1. The monoisotopic (exact) mass is 363 g/mol. The molecule has 0 radical (unpaired) electrons. The molecule has 2 N–H and O–H groups in total. The van der Waals surface area contributed by atoms with Crippen molar-refractivity contribution in [3.05, 3.63) is 11.8 Å². The first kappa shape index (κ1) is 22.9. The lowest BCUT2D eigenvalue weighted by atomic mass is 10.1. The molecule has 0 saturated heterocycles. The van der Waals surface area contributed by atoms with Crippen LogP contribution in [0.1, 0.15) is 96.8 Å². The number of hydrogen-bond donors (Lipinski definition) is 2. The maximum atomic E-state index is 11.8. The smallest absolute Gasteiger partial charge is 0.221 e. The Kier molecular flexibility index (Phi) is 15.2. The van der Waals surface area contributed by atoms with E-state index < -0.39 is 0 Å². The summed E-state index contributed by atoms with van der Waals surface area (Å²) in [4.78, 5) is 16.0. The molecule has 0 unspecified atom stereocenters. The first-order valence-electron chi connectivity index (χ1n) is 11.0. The van der Waals surface area contributed by atoms with Crippen LogP contribution in [0, 0.1) is 0 Å². The number of carbonyl (C=O) groups is 1. The summed E-state index contributed by atoms with van der Waals surface area (Å²) >= 11 is 0. The van der Waals surface area contributed by atoms with Crippen LogP contribution in [0.3, 0.4) is 0 Å². The van der Waals surface area contributed by atoms with Gasteiger partial charge in [0.2, 0.25) is 5.91 Å². The average Bonchev–Trinajstić information content (AvgIpc) is 3.16. The predicted molar refractivity (Wildman–Crippen MR) is 113 cm³/mol. The van der Waals surface area contributed by atoms with Crippen LogP contribution in [0.15, 0.2) is 16.8 Å². The highest BCUT2D eigenvalue weighted by Crippen LogP contribution is 2.11. The van der Waals surface area contributed by atoms with Gasteiger partial charge in [-0.25, -0.2) is 0 Å². The molecule has 1 aliphatic rings. The van der Waals surface area contributed by atoms with E-state index in [0.29, 0.717) is 6.42 Å². The zero-order valence-electron chi connectivity index (χ0n) is 17.0. The number of allylic oxidation sites excluding steroid dienone is 1. The lowest BCUT2D eigenvalue weighted by Gasteiger charge is -2.07. The minimum absolute atomic E-state index is 0.169. The Morgan fingerprint density at radius 1 is 0.923 bits per heavy atom. The molecule has 4 heteroatoms. The number of nitrogens with zero attached hydrogens (tertiary/aromatic N) is 1. The molecule has 1 aliphatic heterocycles. The molecule has 0 aromatic rings. The van der Waals surface area contributed by atoms with Gasteiger partial charge in [-0.2, -0.15) is 0 Å². The lowest BCUT2D eigenvalue weighted by Crippen LogP contribution is -2.28. The van der Waals surface area contributed by atoms with Gasteiger partial charge in [0.05, 0.1) is 0 Å². The van der Waals surface area contributed by atoms with Crippen LogP contribution in [0.2, 0.25) is 0 Å². The molecule has 1 rings (SSSR count). The van der Waals surface area contributed by atoms with Gasteiger partial charge in [0.15, 0.2) is 0 Å². The van der Waals surface area contributed by atoms with Crippen molar-refractivity contribution < 1.29 is 4.79 Å². The van der Waals surface area contributed by atoms with E-state index in [1.165, 1.54) is 69.9 Å². The molecule has 1 amide bonds. The second kappa shape index (κ2) is 17.3. The van der Waals surface area contributed by atoms with Crippen molar-refractivity contribution >= 4 is 12.1 Å². The lowest BCUT2D eigenvalue weighted by molar-refractivity contribution is -0.121. The van der Waals surface area contributed by atoms with E-state index in [1.54, 1.807) is 0 Å². The second-order valence-electron chi connectivity index (χ2n) is 7.38. The van der Waals surface area contributed by atoms with Crippen LogP contribution in [0.25, 0.3) is 0 Å². The number of rotatable bonds is 18. The fraction of sp³-hybridized carbons (Fsp3) is 0.818. The third-order valence-corrected chi connectivity index (χ3v) is 4.91. The molecule has 0 atom stereocenters. The van der Waals surface area contributed by atoms with Crippen molar-refractivity contribution in [3.8, 4) is 0 Å². The van der Waals surface area contributed by atoms with Gasteiger partial charge in [0, 0.05) is 50.8 Å². The molecular weight excluding hydrogens is 322 g/mol. The van der Waals surface area contributed by atoms with E-state index in [1.807, 2.05) is 6.21 Å². The normalized spacial score (nSPS) is 13.2. The Morgan fingerprint density at radius 2 is 1.58 bits per heavy atom. The quantitative estimate of drug-likeness (QED) is 0.331. The molecule has 0 aromatic carbocycles. The van der Waals surface area contributed by atoms with Crippen molar-refractivity contribution in [1.29, 1.82) is 0 Å². The minimum Gasteiger partial charge on any atom is -0.356 e. The maximum absolute atomic E-state index is 11.8. The summed E-state index contributed by atoms with van der Waals surface area (Å²) in [6, 6.07) is 0. The van der Waals surface area contributed by atoms with Crippen LogP contribution in [0.5, 0.6) is 0 Å². The highest BCUT2D eigenvalue weighted by Gasteiger charge is 2.02. The first-order chi connectivity index (χ1) is 12.8. The molecule has 0 aromatic heterocycles. The summed E-state index contributed by atoms with van der Waals surface area (Å²) in [6.45, 7) is 4.75. The third-order valence-electron chi connectivity index (χ3n) is 4.91. The summed E-state index contributed by atoms with van der Waals surface area (Å²) < 4.78 is 0. The van der Waals surface area contributed by atoms with Gasteiger partial charge in [-0.05, 0) is 6.42 Å².